The molecule has 14 heavy (non-hydrogen) atoms. The van der Waals surface area contributed by atoms with E-state index < -0.39 is 5.97 Å². The van der Waals surface area contributed by atoms with Crippen LogP contribution in [0.25, 0.3) is 5.65 Å². The number of hydrogen-bond donors (Lipinski definition) is 0. The second-order valence-electron chi connectivity index (χ2n) is 2.73. The number of nitrogens with zero attached hydrogens (tertiary/aromatic N) is 2. The van der Waals surface area contributed by atoms with E-state index in [1.54, 1.807) is 10.6 Å². The maximum Gasteiger partial charge on any atom is 0.358 e. The first-order chi connectivity index (χ1) is 6.70. The first-order valence-corrected chi connectivity index (χ1v) is 5.01. The number of rotatable bonds is 1. The largest absolute Gasteiger partial charge is 0.464 e. The molecule has 2 heterocycles. The first-order valence-electron chi connectivity index (χ1n) is 3.93. The van der Waals surface area contributed by atoms with Gasteiger partial charge in [-0.1, -0.05) is 0 Å². The maximum atomic E-state index is 11.2. The van der Waals surface area contributed by atoms with Crippen LogP contribution < -0.4 is 0 Å². The lowest BCUT2D eigenvalue weighted by atomic mass is 10.5. The SMILES string of the molecule is COC(=O)c1cn2cc(I)ccc2n1. The highest BCUT2D eigenvalue weighted by atomic mass is 127. The van der Waals surface area contributed by atoms with E-state index in [0.717, 1.165) is 9.22 Å². The molecule has 0 N–H and O–H groups in total. The summed E-state index contributed by atoms with van der Waals surface area (Å²) < 4.78 is 7.47. The summed E-state index contributed by atoms with van der Waals surface area (Å²) in [6.45, 7) is 0. The lowest BCUT2D eigenvalue weighted by Crippen LogP contribution is -2.00. The van der Waals surface area contributed by atoms with Gasteiger partial charge in [-0.15, -0.1) is 0 Å². The van der Waals surface area contributed by atoms with Gasteiger partial charge < -0.3 is 9.14 Å². The molecule has 0 atom stereocenters. The zero-order valence-electron chi connectivity index (χ0n) is 7.40. The summed E-state index contributed by atoms with van der Waals surface area (Å²) in [5.74, 6) is -0.413. The zero-order chi connectivity index (χ0) is 10.1. The molecule has 0 aliphatic carbocycles. The minimum absolute atomic E-state index is 0.328. The number of halogens is 1. The standard InChI is InChI=1S/C9H7IN2O2/c1-14-9(13)7-5-12-4-6(10)2-3-8(12)11-7/h2-5H,1H3. The van der Waals surface area contributed by atoms with Crippen LogP contribution in [0.1, 0.15) is 10.5 Å². The van der Waals surface area contributed by atoms with Crippen molar-refractivity contribution >= 4 is 34.2 Å². The Morgan fingerprint density at radius 3 is 3.00 bits per heavy atom. The van der Waals surface area contributed by atoms with Gasteiger partial charge in [-0.25, -0.2) is 9.78 Å². The van der Waals surface area contributed by atoms with Crippen molar-refractivity contribution in [2.24, 2.45) is 0 Å². The van der Waals surface area contributed by atoms with E-state index in [4.69, 9.17) is 0 Å². The van der Waals surface area contributed by atoms with Crippen LogP contribution in [-0.2, 0) is 4.74 Å². The lowest BCUT2D eigenvalue weighted by molar-refractivity contribution is 0.0595. The molecule has 0 radical (unpaired) electrons. The fourth-order valence-electron chi connectivity index (χ4n) is 1.17. The van der Waals surface area contributed by atoms with Crippen LogP contribution in [0.4, 0.5) is 0 Å². The average molecular weight is 302 g/mol. The number of aromatic nitrogens is 2. The molecule has 0 spiro atoms. The molecule has 0 saturated heterocycles. The predicted molar refractivity (Wildman–Crippen MR) is 59.2 cm³/mol. The summed E-state index contributed by atoms with van der Waals surface area (Å²) in [6.07, 6.45) is 3.55. The number of pyridine rings is 1. The maximum absolute atomic E-state index is 11.2. The molecule has 0 aliphatic heterocycles. The molecule has 72 valence electrons. The van der Waals surface area contributed by atoms with Gasteiger partial charge in [0, 0.05) is 16.0 Å². The fraction of sp³-hybridized carbons (Fsp3) is 0.111. The molecular formula is C9H7IN2O2. The van der Waals surface area contributed by atoms with Crippen LogP contribution in [0.2, 0.25) is 0 Å². The Morgan fingerprint density at radius 1 is 1.50 bits per heavy atom. The third-order valence-electron chi connectivity index (χ3n) is 1.81. The molecule has 2 rings (SSSR count). The topological polar surface area (TPSA) is 43.6 Å². The zero-order valence-corrected chi connectivity index (χ0v) is 9.56. The van der Waals surface area contributed by atoms with Crippen molar-refractivity contribution in [2.75, 3.05) is 7.11 Å². The van der Waals surface area contributed by atoms with Gasteiger partial charge in [0.15, 0.2) is 5.69 Å². The summed E-state index contributed by atoms with van der Waals surface area (Å²) >= 11 is 2.20. The van der Waals surface area contributed by atoms with Gasteiger partial charge in [0.25, 0.3) is 0 Å². The van der Waals surface area contributed by atoms with Crippen LogP contribution in [0, 0.1) is 3.57 Å². The van der Waals surface area contributed by atoms with Crippen molar-refractivity contribution in [3.05, 3.63) is 33.8 Å². The van der Waals surface area contributed by atoms with Gasteiger partial charge in [-0.2, -0.15) is 0 Å². The fourth-order valence-corrected chi connectivity index (χ4v) is 1.65. The highest BCUT2D eigenvalue weighted by Crippen LogP contribution is 2.09. The average Bonchev–Trinajstić information content (AvgIpc) is 2.59. The van der Waals surface area contributed by atoms with Gasteiger partial charge in [0.05, 0.1) is 7.11 Å². The number of hydrogen-bond acceptors (Lipinski definition) is 3. The van der Waals surface area contributed by atoms with E-state index in [0.29, 0.717) is 5.69 Å². The number of fused-ring (bicyclic) bond motifs is 1. The number of ether oxygens (including phenoxy) is 1. The smallest absolute Gasteiger partial charge is 0.358 e. The van der Waals surface area contributed by atoms with Crippen LogP contribution in [0.15, 0.2) is 24.5 Å². The number of imidazole rings is 1. The molecule has 0 unspecified atom stereocenters. The van der Waals surface area contributed by atoms with E-state index in [1.807, 2.05) is 18.3 Å². The Bertz CT molecular complexity index is 493. The highest BCUT2D eigenvalue weighted by molar-refractivity contribution is 14.1. The number of carbonyl (C=O) groups is 1. The summed E-state index contributed by atoms with van der Waals surface area (Å²) in [5, 5.41) is 0. The molecule has 0 saturated carbocycles. The molecule has 0 fully saturated rings. The van der Waals surface area contributed by atoms with E-state index in [-0.39, 0.29) is 0 Å². The summed E-state index contributed by atoms with van der Waals surface area (Å²) in [4.78, 5) is 15.3. The quantitative estimate of drug-likeness (QED) is 0.595. The van der Waals surface area contributed by atoms with Crippen molar-refractivity contribution < 1.29 is 9.53 Å². The Hall–Kier alpha value is -1.11. The van der Waals surface area contributed by atoms with Crippen LogP contribution in [0.5, 0.6) is 0 Å². The van der Waals surface area contributed by atoms with Crippen molar-refractivity contribution in [1.29, 1.82) is 0 Å². The molecule has 2 aromatic heterocycles. The van der Waals surface area contributed by atoms with E-state index in [1.165, 1.54) is 7.11 Å². The Balaban J connectivity index is 2.56. The van der Waals surface area contributed by atoms with Gasteiger partial charge in [0.1, 0.15) is 5.65 Å². The Labute approximate surface area is 94.0 Å². The van der Waals surface area contributed by atoms with Gasteiger partial charge in [-0.05, 0) is 34.7 Å². The second kappa shape index (κ2) is 3.56. The third-order valence-corrected chi connectivity index (χ3v) is 2.45. The second-order valence-corrected chi connectivity index (χ2v) is 3.98. The molecule has 0 aliphatic rings. The van der Waals surface area contributed by atoms with Crippen molar-refractivity contribution in [1.82, 2.24) is 9.38 Å². The van der Waals surface area contributed by atoms with E-state index in [2.05, 4.69) is 32.3 Å². The van der Waals surface area contributed by atoms with Crippen LogP contribution in [-0.4, -0.2) is 22.5 Å². The highest BCUT2D eigenvalue weighted by Gasteiger charge is 2.09. The molecule has 4 nitrogen and oxygen atoms in total. The third kappa shape index (κ3) is 1.59. The van der Waals surface area contributed by atoms with Gasteiger partial charge in [-0.3, -0.25) is 0 Å². The van der Waals surface area contributed by atoms with E-state index >= 15 is 0 Å². The monoisotopic (exact) mass is 302 g/mol. The van der Waals surface area contributed by atoms with Crippen molar-refractivity contribution in [3.63, 3.8) is 0 Å². The summed E-state index contributed by atoms with van der Waals surface area (Å²) in [6, 6.07) is 3.79. The minimum Gasteiger partial charge on any atom is -0.464 e. The predicted octanol–water partition coefficient (Wildman–Crippen LogP) is 1.73. The molecule has 0 amide bonds. The molecule has 2 aromatic rings. The Morgan fingerprint density at radius 2 is 2.29 bits per heavy atom. The van der Waals surface area contributed by atoms with Gasteiger partial charge >= 0.3 is 5.97 Å². The molecular weight excluding hydrogens is 295 g/mol. The molecule has 0 bridgehead atoms. The lowest BCUT2D eigenvalue weighted by Gasteiger charge is -1.91. The number of carbonyl (C=O) groups excluding carboxylic acids is 1. The van der Waals surface area contributed by atoms with Gasteiger partial charge in [0.2, 0.25) is 0 Å². The van der Waals surface area contributed by atoms with Crippen LogP contribution >= 0.6 is 22.6 Å². The number of methoxy groups -OCH3 is 1. The first kappa shape index (κ1) is 9.45. The van der Waals surface area contributed by atoms with Crippen molar-refractivity contribution in [2.45, 2.75) is 0 Å². The summed E-state index contributed by atoms with van der Waals surface area (Å²) in [7, 11) is 1.34. The van der Waals surface area contributed by atoms with Crippen LogP contribution in [0.3, 0.4) is 0 Å². The molecule has 0 aromatic carbocycles. The molecule has 5 heteroatoms. The number of esters is 1. The summed E-state index contributed by atoms with van der Waals surface area (Å²) in [5.41, 5.74) is 1.07. The van der Waals surface area contributed by atoms with E-state index in [9.17, 15) is 4.79 Å². The Kier molecular flexibility index (Phi) is 2.40. The normalized spacial score (nSPS) is 10.4. The van der Waals surface area contributed by atoms with Crippen molar-refractivity contribution in [3.8, 4) is 0 Å². The minimum atomic E-state index is -0.413.